The molecule has 2 rings (SSSR count). The minimum Gasteiger partial charge on any atom is -0.294 e. The Morgan fingerprint density at radius 1 is 1.17 bits per heavy atom. The zero-order valence-corrected chi connectivity index (χ0v) is 11.3. The van der Waals surface area contributed by atoms with Crippen molar-refractivity contribution < 1.29 is 4.79 Å². The van der Waals surface area contributed by atoms with Crippen molar-refractivity contribution in [3.63, 3.8) is 0 Å². The second-order valence-corrected chi connectivity index (χ2v) is 5.86. The van der Waals surface area contributed by atoms with Crippen LogP contribution in [0.2, 0.25) is 0 Å². The maximum absolute atomic E-state index is 12.2. The van der Waals surface area contributed by atoms with E-state index in [1.54, 1.807) is 0 Å². The zero-order chi connectivity index (χ0) is 13.2. The highest BCUT2D eigenvalue weighted by Gasteiger charge is 2.27. The van der Waals surface area contributed by atoms with E-state index in [0.717, 1.165) is 5.56 Å². The molecule has 0 N–H and O–H groups in total. The molecule has 1 heteroatoms. The lowest BCUT2D eigenvalue weighted by molar-refractivity contribution is 0.0972. The van der Waals surface area contributed by atoms with E-state index in [9.17, 15) is 4.79 Å². The van der Waals surface area contributed by atoms with Gasteiger partial charge >= 0.3 is 0 Å². The summed E-state index contributed by atoms with van der Waals surface area (Å²) in [5, 5.41) is 0. The normalized spacial score (nSPS) is 18.8. The van der Waals surface area contributed by atoms with Gasteiger partial charge in [-0.25, -0.2) is 0 Å². The summed E-state index contributed by atoms with van der Waals surface area (Å²) in [7, 11) is 0. The second-order valence-electron chi connectivity index (χ2n) is 5.86. The SMILES string of the molecule is CC(C)(C)C1=CC=CC1CC(=O)c1ccccc1. The summed E-state index contributed by atoms with van der Waals surface area (Å²) in [5.41, 5.74) is 2.29. The minimum absolute atomic E-state index is 0.130. The molecule has 1 atom stereocenters. The molecule has 1 aromatic rings. The fourth-order valence-corrected chi connectivity index (χ4v) is 2.45. The molecule has 0 saturated heterocycles. The third-order valence-electron chi connectivity index (χ3n) is 3.39. The molecule has 94 valence electrons. The highest BCUT2D eigenvalue weighted by Crippen LogP contribution is 2.37. The number of carbonyl (C=O) groups is 1. The van der Waals surface area contributed by atoms with Crippen molar-refractivity contribution in [1.29, 1.82) is 0 Å². The molecule has 0 heterocycles. The molecular weight excluding hydrogens is 220 g/mol. The maximum Gasteiger partial charge on any atom is 0.163 e. The summed E-state index contributed by atoms with van der Waals surface area (Å²) >= 11 is 0. The van der Waals surface area contributed by atoms with Crippen molar-refractivity contribution in [2.45, 2.75) is 27.2 Å². The lowest BCUT2D eigenvalue weighted by Crippen LogP contribution is -2.17. The topological polar surface area (TPSA) is 17.1 Å². The Hall–Kier alpha value is -1.63. The van der Waals surface area contributed by atoms with Crippen LogP contribution in [0, 0.1) is 11.3 Å². The van der Waals surface area contributed by atoms with Gasteiger partial charge in [0.25, 0.3) is 0 Å². The summed E-state index contributed by atoms with van der Waals surface area (Å²) in [6.07, 6.45) is 6.94. The van der Waals surface area contributed by atoms with E-state index >= 15 is 0 Å². The van der Waals surface area contributed by atoms with Crippen molar-refractivity contribution in [3.8, 4) is 0 Å². The molecule has 1 aliphatic rings. The van der Waals surface area contributed by atoms with Crippen LogP contribution in [0.5, 0.6) is 0 Å². The van der Waals surface area contributed by atoms with Gasteiger partial charge in [0.1, 0.15) is 0 Å². The molecule has 0 bridgehead atoms. The Kier molecular flexibility index (Phi) is 3.51. The Morgan fingerprint density at radius 2 is 1.83 bits per heavy atom. The minimum atomic E-state index is 0.130. The van der Waals surface area contributed by atoms with E-state index < -0.39 is 0 Å². The number of Topliss-reactive ketones (excluding diaryl/α,β-unsaturated/α-hetero) is 1. The van der Waals surface area contributed by atoms with Crippen molar-refractivity contribution in [3.05, 3.63) is 59.7 Å². The van der Waals surface area contributed by atoms with Crippen LogP contribution in [0.15, 0.2) is 54.1 Å². The van der Waals surface area contributed by atoms with E-state index in [1.807, 2.05) is 30.3 Å². The second kappa shape index (κ2) is 4.93. The molecule has 1 unspecified atom stereocenters. The van der Waals surface area contributed by atoms with E-state index in [1.165, 1.54) is 5.57 Å². The largest absolute Gasteiger partial charge is 0.294 e. The lowest BCUT2D eigenvalue weighted by Gasteiger charge is -2.26. The number of ketones is 1. The first-order valence-corrected chi connectivity index (χ1v) is 6.45. The molecule has 1 nitrogen and oxygen atoms in total. The Balaban J connectivity index is 2.09. The van der Waals surface area contributed by atoms with Crippen LogP contribution in [0.25, 0.3) is 0 Å². The summed E-state index contributed by atoms with van der Waals surface area (Å²) in [4.78, 5) is 12.2. The monoisotopic (exact) mass is 240 g/mol. The summed E-state index contributed by atoms with van der Waals surface area (Å²) in [6.45, 7) is 6.60. The van der Waals surface area contributed by atoms with Crippen molar-refractivity contribution >= 4 is 5.78 Å². The molecule has 0 aliphatic heterocycles. The maximum atomic E-state index is 12.2. The number of rotatable bonds is 3. The molecular formula is C17H20O. The van der Waals surface area contributed by atoms with E-state index in [4.69, 9.17) is 0 Å². The van der Waals surface area contributed by atoms with Gasteiger partial charge < -0.3 is 0 Å². The van der Waals surface area contributed by atoms with Crippen LogP contribution in [-0.4, -0.2) is 5.78 Å². The fourth-order valence-electron chi connectivity index (χ4n) is 2.45. The van der Waals surface area contributed by atoms with Gasteiger partial charge in [-0.05, 0) is 5.41 Å². The first kappa shape index (κ1) is 12.8. The Labute approximate surface area is 109 Å². The van der Waals surface area contributed by atoms with Crippen LogP contribution in [-0.2, 0) is 0 Å². The van der Waals surface area contributed by atoms with Crippen LogP contribution in [0.3, 0.4) is 0 Å². The van der Waals surface area contributed by atoms with E-state index in [2.05, 4.69) is 39.0 Å². The number of hydrogen-bond acceptors (Lipinski definition) is 1. The Morgan fingerprint density at radius 3 is 2.44 bits per heavy atom. The van der Waals surface area contributed by atoms with E-state index in [-0.39, 0.29) is 17.1 Å². The molecule has 18 heavy (non-hydrogen) atoms. The van der Waals surface area contributed by atoms with Gasteiger partial charge in [-0.1, -0.05) is 74.9 Å². The standard InChI is InChI=1S/C17H20O/c1-17(2,3)15-11-7-10-14(15)12-16(18)13-8-5-4-6-9-13/h4-11,14H,12H2,1-3H3. The fraction of sp³-hybridized carbons (Fsp3) is 0.353. The van der Waals surface area contributed by atoms with Gasteiger partial charge in [-0.3, -0.25) is 4.79 Å². The van der Waals surface area contributed by atoms with Gasteiger partial charge in [0, 0.05) is 17.9 Å². The molecule has 1 aliphatic carbocycles. The van der Waals surface area contributed by atoms with Crippen molar-refractivity contribution in [1.82, 2.24) is 0 Å². The molecule has 0 fully saturated rings. The van der Waals surface area contributed by atoms with Crippen LogP contribution in [0.1, 0.15) is 37.6 Å². The lowest BCUT2D eigenvalue weighted by atomic mass is 9.78. The van der Waals surface area contributed by atoms with E-state index in [0.29, 0.717) is 6.42 Å². The summed E-state index contributed by atoms with van der Waals surface area (Å²) < 4.78 is 0. The number of carbonyl (C=O) groups excluding carboxylic acids is 1. The summed E-state index contributed by atoms with van der Waals surface area (Å²) in [6, 6.07) is 9.55. The van der Waals surface area contributed by atoms with Crippen LogP contribution < -0.4 is 0 Å². The highest BCUT2D eigenvalue weighted by atomic mass is 16.1. The van der Waals surface area contributed by atoms with Crippen molar-refractivity contribution in [2.24, 2.45) is 11.3 Å². The molecule has 0 saturated carbocycles. The highest BCUT2D eigenvalue weighted by molar-refractivity contribution is 5.96. The predicted molar refractivity (Wildman–Crippen MR) is 75.6 cm³/mol. The van der Waals surface area contributed by atoms with Gasteiger partial charge in [-0.15, -0.1) is 0 Å². The van der Waals surface area contributed by atoms with Gasteiger partial charge in [0.15, 0.2) is 5.78 Å². The number of benzene rings is 1. The molecule has 0 amide bonds. The van der Waals surface area contributed by atoms with Crippen molar-refractivity contribution in [2.75, 3.05) is 0 Å². The average molecular weight is 240 g/mol. The van der Waals surface area contributed by atoms with Gasteiger partial charge in [-0.2, -0.15) is 0 Å². The van der Waals surface area contributed by atoms with Crippen LogP contribution in [0.4, 0.5) is 0 Å². The average Bonchev–Trinajstić information content (AvgIpc) is 2.78. The zero-order valence-electron chi connectivity index (χ0n) is 11.3. The molecule has 0 spiro atoms. The molecule has 1 aromatic carbocycles. The quantitative estimate of drug-likeness (QED) is 0.715. The first-order chi connectivity index (χ1) is 8.48. The summed E-state index contributed by atoms with van der Waals surface area (Å²) in [5.74, 6) is 0.486. The van der Waals surface area contributed by atoms with Gasteiger partial charge in [0.05, 0.1) is 0 Å². The Bertz CT molecular complexity index is 486. The molecule has 0 aromatic heterocycles. The number of allylic oxidation sites excluding steroid dienone is 4. The van der Waals surface area contributed by atoms with Crippen LogP contribution >= 0.6 is 0 Å². The predicted octanol–water partition coefficient (Wildman–Crippen LogP) is 4.42. The first-order valence-electron chi connectivity index (χ1n) is 6.45. The molecule has 0 radical (unpaired) electrons. The van der Waals surface area contributed by atoms with Gasteiger partial charge in [0.2, 0.25) is 0 Å². The third kappa shape index (κ3) is 2.79. The third-order valence-corrected chi connectivity index (χ3v) is 3.39. The smallest absolute Gasteiger partial charge is 0.163 e. The number of hydrogen-bond donors (Lipinski definition) is 0.